The molecule has 1 amide bonds. The van der Waals surface area contributed by atoms with E-state index >= 15 is 0 Å². The van der Waals surface area contributed by atoms with Crippen LogP contribution in [-0.4, -0.2) is 28.6 Å². The lowest BCUT2D eigenvalue weighted by Crippen LogP contribution is -2.61. The molecule has 21 heavy (non-hydrogen) atoms. The molecule has 0 aromatic heterocycles. The molecule has 0 bridgehead atoms. The number of hydrogen-bond acceptors (Lipinski definition) is 3. The third-order valence-electron chi connectivity index (χ3n) is 3.55. The zero-order valence-corrected chi connectivity index (χ0v) is 12.9. The molecule has 1 saturated carbocycles. The molecule has 114 valence electrons. The molecule has 1 fully saturated rings. The summed E-state index contributed by atoms with van der Waals surface area (Å²) in [5.41, 5.74) is -1.15. The SMILES string of the molecule is CC(Oc1ccc(Cl)c(Cl)c1)C(=O)NC1(C(=O)O)CCC1. The summed E-state index contributed by atoms with van der Waals surface area (Å²) < 4.78 is 5.46. The molecule has 0 saturated heterocycles. The van der Waals surface area contributed by atoms with Crippen molar-refractivity contribution in [1.82, 2.24) is 5.32 Å². The molecule has 1 aliphatic carbocycles. The average molecular weight is 332 g/mol. The Kier molecular flexibility index (Phi) is 4.64. The second kappa shape index (κ2) is 6.12. The van der Waals surface area contributed by atoms with Crippen molar-refractivity contribution >= 4 is 35.1 Å². The highest BCUT2D eigenvalue weighted by Crippen LogP contribution is 2.32. The van der Waals surface area contributed by atoms with E-state index in [1.165, 1.54) is 6.07 Å². The largest absolute Gasteiger partial charge is 0.481 e. The van der Waals surface area contributed by atoms with Gasteiger partial charge >= 0.3 is 5.97 Å². The minimum Gasteiger partial charge on any atom is -0.481 e. The fourth-order valence-electron chi connectivity index (χ4n) is 2.07. The summed E-state index contributed by atoms with van der Waals surface area (Å²) in [6.07, 6.45) is 0.828. The summed E-state index contributed by atoms with van der Waals surface area (Å²) in [7, 11) is 0. The van der Waals surface area contributed by atoms with Gasteiger partial charge in [0, 0.05) is 6.07 Å². The van der Waals surface area contributed by atoms with Gasteiger partial charge in [-0.15, -0.1) is 0 Å². The van der Waals surface area contributed by atoms with Crippen molar-refractivity contribution in [2.45, 2.75) is 37.8 Å². The molecule has 1 unspecified atom stereocenters. The van der Waals surface area contributed by atoms with Gasteiger partial charge in [-0.05, 0) is 38.3 Å². The van der Waals surface area contributed by atoms with E-state index in [0.29, 0.717) is 28.6 Å². The van der Waals surface area contributed by atoms with Gasteiger partial charge in [0.1, 0.15) is 11.3 Å². The van der Waals surface area contributed by atoms with Crippen molar-refractivity contribution in [2.24, 2.45) is 0 Å². The summed E-state index contributed by atoms with van der Waals surface area (Å²) in [5.74, 6) is -1.09. The van der Waals surface area contributed by atoms with Gasteiger partial charge in [0.15, 0.2) is 6.10 Å². The second-order valence-electron chi connectivity index (χ2n) is 5.07. The molecular weight excluding hydrogens is 317 g/mol. The lowest BCUT2D eigenvalue weighted by molar-refractivity contribution is -0.152. The van der Waals surface area contributed by atoms with Crippen LogP contribution in [0.15, 0.2) is 18.2 Å². The van der Waals surface area contributed by atoms with Crippen molar-refractivity contribution in [3.8, 4) is 5.75 Å². The number of nitrogens with one attached hydrogen (secondary N) is 1. The molecule has 1 aromatic rings. The highest BCUT2D eigenvalue weighted by Gasteiger charge is 2.46. The van der Waals surface area contributed by atoms with Gasteiger partial charge in [0.2, 0.25) is 0 Å². The number of carbonyl (C=O) groups is 2. The maximum atomic E-state index is 12.1. The van der Waals surface area contributed by atoms with Gasteiger partial charge in [-0.2, -0.15) is 0 Å². The lowest BCUT2D eigenvalue weighted by Gasteiger charge is -2.38. The molecule has 2 N–H and O–H groups in total. The zero-order chi connectivity index (χ0) is 15.6. The van der Waals surface area contributed by atoms with Crippen molar-refractivity contribution in [1.29, 1.82) is 0 Å². The number of carboxylic acids is 1. The van der Waals surface area contributed by atoms with Gasteiger partial charge < -0.3 is 15.2 Å². The van der Waals surface area contributed by atoms with Crippen LogP contribution >= 0.6 is 23.2 Å². The van der Waals surface area contributed by atoms with Crippen molar-refractivity contribution in [2.75, 3.05) is 0 Å². The first-order valence-electron chi connectivity index (χ1n) is 6.51. The Labute approximate surface area is 132 Å². The Morgan fingerprint density at radius 2 is 2.00 bits per heavy atom. The van der Waals surface area contributed by atoms with Crippen LogP contribution in [0.3, 0.4) is 0 Å². The van der Waals surface area contributed by atoms with Crippen LogP contribution < -0.4 is 10.1 Å². The quantitative estimate of drug-likeness (QED) is 0.869. The van der Waals surface area contributed by atoms with E-state index in [2.05, 4.69) is 5.32 Å². The van der Waals surface area contributed by atoms with Crippen LogP contribution in [0.2, 0.25) is 10.0 Å². The van der Waals surface area contributed by atoms with E-state index in [9.17, 15) is 14.7 Å². The highest BCUT2D eigenvalue weighted by molar-refractivity contribution is 6.42. The number of ether oxygens (including phenoxy) is 1. The predicted octanol–water partition coefficient (Wildman–Crippen LogP) is 2.88. The first-order chi connectivity index (χ1) is 9.84. The van der Waals surface area contributed by atoms with Gasteiger partial charge in [0.05, 0.1) is 10.0 Å². The van der Waals surface area contributed by atoms with Gasteiger partial charge in [-0.3, -0.25) is 4.79 Å². The summed E-state index contributed by atoms with van der Waals surface area (Å²) in [6.45, 7) is 1.55. The number of rotatable bonds is 5. The minimum atomic E-state index is -1.15. The smallest absolute Gasteiger partial charge is 0.329 e. The highest BCUT2D eigenvalue weighted by atomic mass is 35.5. The molecule has 1 atom stereocenters. The fraction of sp³-hybridized carbons (Fsp3) is 0.429. The predicted molar refractivity (Wildman–Crippen MR) is 78.9 cm³/mol. The minimum absolute atomic E-state index is 0.322. The summed E-state index contributed by atoms with van der Waals surface area (Å²) in [5, 5.41) is 12.4. The van der Waals surface area contributed by atoms with E-state index in [-0.39, 0.29) is 0 Å². The Morgan fingerprint density at radius 3 is 2.48 bits per heavy atom. The van der Waals surface area contributed by atoms with Crippen LogP contribution in [0.5, 0.6) is 5.75 Å². The monoisotopic (exact) mass is 331 g/mol. The molecule has 0 radical (unpaired) electrons. The average Bonchev–Trinajstić information content (AvgIpc) is 2.37. The number of aliphatic carboxylic acids is 1. The molecule has 0 spiro atoms. The molecule has 2 rings (SSSR count). The maximum absolute atomic E-state index is 12.1. The third-order valence-corrected chi connectivity index (χ3v) is 4.29. The topological polar surface area (TPSA) is 75.6 Å². The van der Waals surface area contributed by atoms with E-state index < -0.39 is 23.5 Å². The number of carboxylic acid groups (broad SMARTS) is 1. The van der Waals surface area contributed by atoms with Crippen molar-refractivity contribution < 1.29 is 19.4 Å². The van der Waals surface area contributed by atoms with E-state index in [4.69, 9.17) is 27.9 Å². The van der Waals surface area contributed by atoms with Gasteiger partial charge in [-0.1, -0.05) is 23.2 Å². The van der Waals surface area contributed by atoms with Crippen LogP contribution in [-0.2, 0) is 9.59 Å². The molecule has 0 heterocycles. The standard InChI is InChI=1S/C14H15Cl2NO4/c1-8(21-9-3-4-10(15)11(16)7-9)12(18)17-14(13(19)20)5-2-6-14/h3-4,7-8H,2,5-6H2,1H3,(H,17,18)(H,19,20). The Balaban J connectivity index is 1.99. The molecular formula is C14H15Cl2NO4. The summed E-state index contributed by atoms with van der Waals surface area (Å²) in [6, 6.07) is 4.66. The van der Waals surface area contributed by atoms with Crippen LogP contribution in [0.4, 0.5) is 0 Å². The van der Waals surface area contributed by atoms with Crippen LogP contribution in [0.25, 0.3) is 0 Å². The Hall–Kier alpha value is -1.46. The molecule has 1 aliphatic rings. The Morgan fingerprint density at radius 1 is 1.33 bits per heavy atom. The number of benzene rings is 1. The fourth-order valence-corrected chi connectivity index (χ4v) is 2.36. The van der Waals surface area contributed by atoms with Crippen molar-refractivity contribution in [3.05, 3.63) is 28.2 Å². The first kappa shape index (κ1) is 15.9. The zero-order valence-electron chi connectivity index (χ0n) is 11.4. The number of amides is 1. The molecule has 0 aliphatic heterocycles. The van der Waals surface area contributed by atoms with E-state index in [0.717, 1.165) is 6.42 Å². The number of carbonyl (C=O) groups excluding carboxylic acids is 1. The summed E-state index contributed by atoms with van der Waals surface area (Å²) >= 11 is 11.7. The lowest BCUT2D eigenvalue weighted by atomic mass is 9.76. The normalized spacial score (nSPS) is 17.5. The van der Waals surface area contributed by atoms with Crippen LogP contribution in [0.1, 0.15) is 26.2 Å². The Bertz CT molecular complexity index is 572. The third kappa shape index (κ3) is 3.41. The maximum Gasteiger partial charge on any atom is 0.329 e. The van der Waals surface area contributed by atoms with Crippen LogP contribution in [0, 0.1) is 0 Å². The van der Waals surface area contributed by atoms with Gasteiger partial charge in [-0.25, -0.2) is 4.79 Å². The van der Waals surface area contributed by atoms with Gasteiger partial charge in [0.25, 0.3) is 5.91 Å². The molecule has 7 heteroatoms. The molecule has 5 nitrogen and oxygen atoms in total. The first-order valence-corrected chi connectivity index (χ1v) is 7.27. The van der Waals surface area contributed by atoms with Crippen molar-refractivity contribution in [3.63, 3.8) is 0 Å². The van der Waals surface area contributed by atoms with E-state index in [1.54, 1.807) is 19.1 Å². The second-order valence-corrected chi connectivity index (χ2v) is 5.88. The number of hydrogen-bond donors (Lipinski definition) is 2. The number of halogens is 2. The van der Waals surface area contributed by atoms with E-state index in [1.807, 2.05) is 0 Å². The molecule has 1 aromatic carbocycles. The summed E-state index contributed by atoms with van der Waals surface area (Å²) in [4.78, 5) is 23.3.